The van der Waals surface area contributed by atoms with E-state index in [0.29, 0.717) is 22.3 Å². The Morgan fingerprint density at radius 3 is 2.52 bits per heavy atom. The van der Waals surface area contributed by atoms with Crippen molar-refractivity contribution in [2.45, 2.75) is 37.0 Å². The van der Waals surface area contributed by atoms with E-state index < -0.39 is 14.6 Å². The highest BCUT2D eigenvalue weighted by molar-refractivity contribution is 7.92. The quantitative estimate of drug-likeness (QED) is 0.518. The normalized spacial score (nSPS) is 12.4. The summed E-state index contributed by atoms with van der Waals surface area (Å²) in [6.07, 6.45) is 2.82. The Kier molecular flexibility index (Phi) is 4.97. The lowest BCUT2D eigenvalue weighted by Crippen LogP contribution is -2.29. The van der Waals surface area contributed by atoms with Crippen molar-refractivity contribution in [2.75, 3.05) is 5.73 Å². The van der Waals surface area contributed by atoms with Crippen LogP contribution in [0.3, 0.4) is 0 Å². The molecule has 0 fully saturated rings. The molecule has 0 saturated heterocycles. The van der Waals surface area contributed by atoms with Crippen molar-refractivity contribution in [3.63, 3.8) is 0 Å². The molecule has 160 valence electrons. The van der Waals surface area contributed by atoms with Gasteiger partial charge in [-0.05, 0) is 39.0 Å². The maximum Gasteiger partial charge on any atom is 0.188 e. The van der Waals surface area contributed by atoms with E-state index in [9.17, 15) is 12.8 Å². The van der Waals surface area contributed by atoms with Crippen molar-refractivity contribution in [1.29, 1.82) is 0 Å². The number of fused-ring (bicyclic) bond motifs is 1. The van der Waals surface area contributed by atoms with E-state index in [0.717, 1.165) is 0 Å². The predicted molar refractivity (Wildman–Crippen MR) is 115 cm³/mol. The molecular formula is C21H21FN6O2S. The molecule has 1 aromatic carbocycles. The van der Waals surface area contributed by atoms with Crippen molar-refractivity contribution >= 4 is 26.7 Å². The zero-order chi connectivity index (χ0) is 22.4. The molecule has 4 aromatic rings. The van der Waals surface area contributed by atoms with Gasteiger partial charge in [0, 0.05) is 11.8 Å². The monoisotopic (exact) mass is 440 g/mol. The number of nitrogens with two attached hydrogens (primary N) is 1. The van der Waals surface area contributed by atoms with Gasteiger partial charge in [0.15, 0.2) is 21.3 Å². The number of pyridine rings is 1. The first kappa shape index (κ1) is 20.9. The van der Waals surface area contributed by atoms with E-state index in [4.69, 9.17) is 5.73 Å². The molecule has 0 amide bonds. The molecule has 0 aliphatic rings. The zero-order valence-corrected chi connectivity index (χ0v) is 18.1. The average molecular weight is 441 g/mol. The molecule has 0 radical (unpaired) electrons. The van der Waals surface area contributed by atoms with Gasteiger partial charge in [0.1, 0.15) is 22.2 Å². The van der Waals surface area contributed by atoms with Crippen LogP contribution in [-0.4, -0.2) is 37.9 Å². The van der Waals surface area contributed by atoms with Crippen molar-refractivity contribution in [3.8, 4) is 11.5 Å². The first-order chi connectivity index (χ1) is 14.6. The molecule has 0 saturated carbocycles. The molecule has 3 aromatic heterocycles. The van der Waals surface area contributed by atoms with Gasteiger partial charge in [0.05, 0.1) is 22.9 Å². The van der Waals surface area contributed by atoms with Gasteiger partial charge in [-0.1, -0.05) is 18.2 Å². The highest BCUT2D eigenvalue weighted by Crippen LogP contribution is 2.30. The van der Waals surface area contributed by atoms with Gasteiger partial charge >= 0.3 is 0 Å². The molecule has 0 aliphatic carbocycles. The van der Waals surface area contributed by atoms with E-state index in [2.05, 4.69) is 20.1 Å². The number of hydrogen-bond donors (Lipinski definition) is 1. The number of rotatable bonds is 4. The number of anilines is 1. The summed E-state index contributed by atoms with van der Waals surface area (Å²) in [6.45, 7) is 4.91. The molecule has 0 bridgehead atoms. The van der Waals surface area contributed by atoms with Crippen LogP contribution in [0.15, 0.2) is 53.7 Å². The number of sulfone groups is 1. The highest BCUT2D eigenvalue weighted by Gasteiger charge is 2.33. The number of benzene rings is 1. The molecule has 2 N–H and O–H groups in total. The molecule has 8 nitrogen and oxygen atoms in total. The van der Waals surface area contributed by atoms with E-state index in [-0.39, 0.29) is 28.9 Å². The summed E-state index contributed by atoms with van der Waals surface area (Å²) in [5.74, 6) is -0.336. The predicted octanol–water partition coefficient (Wildman–Crippen LogP) is 3.23. The Morgan fingerprint density at radius 1 is 1.10 bits per heavy atom. The first-order valence-corrected chi connectivity index (χ1v) is 11.0. The van der Waals surface area contributed by atoms with E-state index in [1.807, 2.05) is 0 Å². The van der Waals surface area contributed by atoms with Crippen molar-refractivity contribution < 1.29 is 12.8 Å². The Morgan fingerprint density at radius 2 is 1.84 bits per heavy atom. The summed E-state index contributed by atoms with van der Waals surface area (Å²) < 4.78 is 40.2. The second-order valence-corrected chi connectivity index (χ2v) is 10.7. The van der Waals surface area contributed by atoms with Crippen LogP contribution in [0, 0.1) is 5.82 Å². The standard InChI is InChI=1S/C21H21FN6O2S/c1-21(2,3)31(29,30)16-11-25-19(26-18(16)23)17-14-8-6-10-24-20(14)28(27-17)12-13-7-4-5-9-15(13)22/h4-11H,12H2,1-3H3,(H2,23,25,26). The van der Waals surface area contributed by atoms with Crippen molar-refractivity contribution in [2.24, 2.45) is 0 Å². The molecule has 0 unspecified atom stereocenters. The van der Waals surface area contributed by atoms with Crippen LogP contribution >= 0.6 is 0 Å². The third-order valence-corrected chi connectivity index (χ3v) is 7.38. The second kappa shape index (κ2) is 7.38. The molecule has 31 heavy (non-hydrogen) atoms. The Labute approximate surface area is 178 Å². The third-order valence-electron chi connectivity index (χ3n) is 4.88. The maximum absolute atomic E-state index is 14.2. The highest BCUT2D eigenvalue weighted by atomic mass is 32.2. The summed E-state index contributed by atoms with van der Waals surface area (Å²) in [5, 5.41) is 5.18. The van der Waals surface area contributed by atoms with Crippen LogP contribution in [0.4, 0.5) is 10.2 Å². The van der Waals surface area contributed by atoms with Gasteiger partial charge in [-0.15, -0.1) is 0 Å². The van der Waals surface area contributed by atoms with Gasteiger partial charge in [-0.3, -0.25) is 0 Å². The van der Waals surface area contributed by atoms with Crippen LogP contribution in [0.1, 0.15) is 26.3 Å². The molecule has 4 rings (SSSR count). The van der Waals surface area contributed by atoms with Gasteiger partial charge in [0.25, 0.3) is 0 Å². The number of nitrogens with zero attached hydrogens (tertiary/aromatic N) is 5. The molecule has 0 spiro atoms. The van der Waals surface area contributed by atoms with Crippen LogP contribution in [-0.2, 0) is 16.4 Å². The number of hydrogen-bond acceptors (Lipinski definition) is 7. The Balaban J connectivity index is 1.83. The lowest BCUT2D eigenvalue weighted by molar-refractivity contribution is 0.560. The Bertz CT molecular complexity index is 1390. The van der Waals surface area contributed by atoms with Crippen LogP contribution in [0.2, 0.25) is 0 Å². The summed E-state index contributed by atoms with van der Waals surface area (Å²) >= 11 is 0. The largest absolute Gasteiger partial charge is 0.382 e. The molecule has 10 heteroatoms. The number of halogens is 1. The Hall–Kier alpha value is -3.40. The molecule has 0 aliphatic heterocycles. The maximum atomic E-state index is 14.2. The summed E-state index contributed by atoms with van der Waals surface area (Å²) in [6, 6.07) is 9.95. The zero-order valence-electron chi connectivity index (χ0n) is 17.2. The molecular weight excluding hydrogens is 419 g/mol. The topological polar surface area (TPSA) is 117 Å². The fourth-order valence-corrected chi connectivity index (χ4v) is 4.28. The van der Waals surface area contributed by atoms with Gasteiger partial charge in [0.2, 0.25) is 0 Å². The lowest BCUT2D eigenvalue weighted by atomic mass is 10.2. The summed E-state index contributed by atoms with van der Waals surface area (Å²) in [5.41, 5.74) is 7.36. The minimum absolute atomic E-state index is 0.128. The lowest BCUT2D eigenvalue weighted by Gasteiger charge is -2.19. The van der Waals surface area contributed by atoms with E-state index in [1.165, 1.54) is 12.3 Å². The summed E-state index contributed by atoms with van der Waals surface area (Å²) in [4.78, 5) is 12.7. The fourth-order valence-electron chi connectivity index (χ4n) is 3.11. The third kappa shape index (κ3) is 3.63. The van der Waals surface area contributed by atoms with Gasteiger partial charge in [-0.25, -0.2) is 32.4 Å². The SMILES string of the molecule is CC(C)(C)S(=O)(=O)c1cnc(-c2nn(Cc3ccccc3F)c3ncccc23)nc1N. The fraction of sp³-hybridized carbons (Fsp3) is 0.238. The van der Waals surface area contributed by atoms with Crippen LogP contribution < -0.4 is 5.73 Å². The number of aromatic nitrogens is 5. The summed E-state index contributed by atoms with van der Waals surface area (Å²) in [7, 11) is -3.72. The van der Waals surface area contributed by atoms with Crippen LogP contribution in [0.5, 0.6) is 0 Å². The number of nitrogen functional groups attached to an aromatic ring is 1. The second-order valence-electron chi connectivity index (χ2n) is 8.03. The van der Waals surface area contributed by atoms with E-state index in [1.54, 1.807) is 62.0 Å². The van der Waals surface area contributed by atoms with Crippen LogP contribution in [0.25, 0.3) is 22.6 Å². The minimum Gasteiger partial charge on any atom is -0.382 e. The smallest absolute Gasteiger partial charge is 0.188 e. The van der Waals surface area contributed by atoms with E-state index >= 15 is 0 Å². The molecule has 3 heterocycles. The van der Waals surface area contributed by atoms with Crippen molar-refractivity contribution in [3.05, 3.63) is 60.2 Å². The first-order valence-electron chi connectivity index (χ1n) is 9.52. The average Bonchev–Trinajstić information content (AvgIpc) is 3.07. The van der Waals surface area contributed by atoms with Gasteiger partial charge in [-0.2, -0.15) is 5.10 Å². The van der Waals surface area contributed by atoms with Gasteiger partial charge < -0.3 is 5.73 Å². The molecule has 0 atom stereocenters. The van der Waals surface area contributed by atoms with Crippen molar-refractivity contribution in [1.82, 2.24) is 24.7 Å². The minimum atomic E-state index is -3.72.